The molecule has 1 unspecified atom stereocenters. The zero-order valence-corrected chi connectivity index (χ0v) is 54.6. The molecule has 0 bridgehead atoms. The van der Waals surface area contributed by atoms with Crippen LogP contribution < -0.4 is 0 Å². The lowest BCUT2D eigenvalue weighted by Gasteiger charge is -2.18. The van der Waals surface area contributed by atoms with E-state index >= 15 is 0 Å². The first-order chi connectivity index (χ1) is 40.0. The second kappa shape index (κ2) is 69.9. The van der Waals surface area contributed by atoms with E-state index in [1.165, 1.54) is 257 Å². The monoisotopic (exact) mass is 1140 g/mol. The van der Waals surface area contributed by atoms with Crippen molar-refractivity contribution in [2.45, 2.75) is 399 Å². The van der Waals surface area contributed by atoms with Gasteiger partial charge in [-0.2, -0.15) is 0 Å². The predicted molar refractivity (Wildman–Crippen MR) is 353 cm³/mol. The fourth-order valence-corrected chi connectivity index (χ4v) is 11.0. The first-order valence-corrected chi connectivity index (χ1v) is 36.1. The lowest BCUT2D eigenvalue weighted by Crippen LogP contribution is -2.30. The number of allylic oxidation sites excluding steroid dienone is 8. The summed E-state index contributed by atoms with van der Waals surface area (Å²) in [7, 11) is 0. The molecule has 0 aliphatic rings. The highest BCUT2D eigenvalue weighted by molar-refractivity contribution is 5.71. The second-order valence-electron chi connectivity index (χ2n) is 24.5. The predicted octanol–water partition coefficient (Wildman–Crippen LogP) is 24.9. The summed E-state index contributed by atoms with van der Waals surface area (Å²) in [4.78, 5) is 38.5. The minimum Gasteiger partial charge on any atom is -0.462 e. The maximum Gasteiger partial charge on any atom is 0.306 e. The Labute approximate surface area is 505 Å². The normalized spacial score (nSPS) is 12.3. The highest BCUT2D eigenvalue weighted by atomic mass is 16.6. The smallest absolute Gasteiger partial charge is 0.306 e. The third-order valence-electron chi connectivity index (χ3n) is 16.3. The Bertz CT molecular complexity index is 1400. The van der Waals surface area contributed by atoms with Crippen LogP contribution in [0.4, 0.5) is 0 Å². The Morgan fingerprint density at radius 2 is 0.481 bits per heavy atom. The van der Waals surface area contributed by atoms with Crippen LogP contribution >= 0.6 is 0 Å². The molecular formula is C75H138O6. The number of rotatable bonds is 67. The van der Waals surface area contributed by atoms with Crippen molar-refractivity contribution in [3.05, 3.63) is 48.6 Å². The number of esters is 3. The van der Waals surface area contributed by atoms with E-state index in [9.17, 15) is 14.4 Å². The molecular weight excluding hydrogens is 997 g/mol. The van der Waals surface area contributed by atoms with E-state index < -0.39 is 6.10 Å². The van der Waals surface area contributed by atoms with Gasteiger partial charge in [0.15, 0.2) is 6.10 Å². The molecule has 0 aliphatic carbocycles. The number of ether oxygens (including phenoxy) is 3. The van der Waals surface area contributed by atoms with Gasteiger partial charge in [0.1, 0.15) is 13.2 Å². The first kappa shape index (κ1) is 78.4. The van der Waals surface area contributed by atoms with Gasteiger partial charge in [-0.3, -0.25) is 14.4 Å². The SMILES string of the molecule is CC/C=C\C/C=C\C/C=C\C/C=C\CCCCCCCCC(=O)OC(COC(=O)CCCCCCCCCCCCCCCCCCCCC)COC(=O)CCCCCCCCCCCCCCCCCCCCCCCCCCC. The van der Waals surface area contributed by atoms with Crippen LogP contribution in [0.1, 0.15) is 393 Å². The van der Waals surface area contributed by atoms with Crippen LogP contribution in [0.25, 0.3) is 0 Å². The minimum absolute atomic E-state index is 0.0736. The molecule has 0 rings (SSSR count). The largest absolute Gasteiger partial charge is 0.462 e. The fourth-order valence-electron chi connectivity index (χ4n) is 11.0. The van der Waals surface area contributed by atoms with E-state index in [0.717, 1.165) is 96.3 Å². The summed E-state index contributed by atoms with van der Waals surface area (Å²) in [6.45, 7) is 6.60. The summed E-state index contributed by atoms with van der Waals surface area (Å²) in [5.74, 6) is -0.857. The average Bonchev–Trinajstić information content (AvgIpc) is 3.47. The van der Waals surface area contributed by atoms with Crippen LogP contribution in [-0.4, -0.2) is 37.2 Å². The van der Waals surface area contributed by atoms with Crippen LogP contribution in [0, 0.1) is 0 Å². The van der Waals surface area contributed by atoms with E-state index in [1.807, 2.05) is 0 Å². The van der Waals surface area contributed by atoms with Gasteiger partial charge in [-0.15, -0.1) is 0 Å². The van der Waals surface area contributed by atoms with E-state index in [0.29, 0.717) is 19.3 Å². The van der Waals surface area contributed by atoms with Gasteiger partial charge in [-0.05, 0) is 57.8 Å². The standard InChI is InChI=1S/C75H138O6/c1-4-7-10-13-16-19-22-25-28-31-34-35-36-37-38-39-42-44-47-50-53-56-59-62-65-68-74(77)80-71-72(81-75(78)69-66-63-60-57-54-51-48-45-41-33-30-27-24-21-18-15-12-9-6-3)70-79-73(76)67-64-61-58-55-52-49-46-43-40-32-29-26-23-20-17-14-11-8-5-2/h9,12,18,21,27,30,41,45,72H,4-8,10-11,13-17,19-20,22-26,28-29,31-40,42-44,46-71H2,1-3H3/b12-9-,21-18-,30-27-,45-41-. The molecule has 81 heavy (non-hydrogen) atoms. The fraction of sp³-hybridized carbons (Fsp3) is 0.853. The quantitative estimate of drug-likeness (QED) is 0.0261. The molecule has 474 valence electrons. The van der Waals surface area contributed by atoms with E-state index in [2.05, 4.69) is 69.4 Å². The molecule has 1 atom stereocenters. The van der Waals surface area contributed by atoms with Crippen LogP contribution in [0.5, 0.6) is 0 Å². The van der Waals surface area contributed by atoms with Crippen molar-refractivity contribution in [2.75, 3.05) is 13.2 Å². The Balaban J connectivity index is 4.30. The van der Waals surface area contributed by atoms with Gasteiger partial charge in [0, 0.05) is 19.3 Å². The Hall–Kier alpha value is -2.63. The van der Waals surface area contributed by atoms with Gasteiger partial charge >= 0.3 is 17.9 Å². The lowest BCUT2D eigenvalue weighted by atomic mass is 10.0. The minimum atomic E-state index is -0.780. The van der Waals surface area contributed by atoms with Gasteiger partial charge in [0.2, 0.25) is 0 Å². The zero-order valence-electron chi connectivity index (χ0n) is 54.6. The Kier molecular flexibility index (Phi) is 67.6. The van der Waals surface area contributed by atoms with Gasteiger partial charge in [-0.1, -0.05) is 365 Å². The molecule has 0 spiro atoms. The highest BCUT2D eigenvalue weighted by Crippen LogP contribution is 2.19. The van der Waals surface area contributed by atoms with Crippen molar-refractivity contribution in [1.29, 1.82) is 0 Å². The van der Waals surface area contributed by atoms with Crippen LogP contribution in [-0.2, 0) is 28.6 Å². The summed E-state index contributed by atoms with van der Waals surface area (Å²) in [6, 6.07) is 0. The average molecular weight is 1140 g/mol. The van der Waals surface area contributed by atoms with Crippen molar-refractivity contribution >= 4 is 17.9 Å². The summed E-state index contributed by atoms with van der Waals surface area (Å²) in [6.07, 6.45) is 88.6. The molecule has 0 saturated heterocycles. The number of unbranched alkanes of at least 4 members (excludes halogenated alkanes) is 48. The van der Waals surface area contributed by atoms with Gasteiger partial charge in [0.05, 0.1) is 0 Å². The Morgan fingerprint density at radius 1 is 0.259 bits per heavy atom. The van der Waals surface area contributed by atoms with E-state index in [1.54, 1.807) is 0 Å². The summed E-state index contributed by atoms with van der Waals surface area (Å²) in [5, 5.41) is 0. The van der Waals surface area contributed by atoms with E-state index in [4.69, 9.17) is 14.2 Å². The summed E-state index contributed by atoms with van der Waals surface area (Å²) in [5.41, 5.74) is 0. The van der Waals surface area contributed by atoms with Crippen molar-refractivity contribution in [2.24, 2.45) is 0 Å². The molecule has 0 amide bonds. The Morgan fingerprint density at radius 3 is 0.753 bits per heavy atom. The molecule has 0 aromatic heterocycles. The second-order valence-corrected chi connectivity index (χ2v) is 24.5. The maximum atomic E-state index is 13.0. The van der Waals surface area contributed by atoms with Crippen LogP contribution in [0.3, 0.4) is 0 Å². The third-order valence-corrected chi connectivity index (χ3v) is 16.3. The van der Waals surface area contributed by atoms with Gasteiger partial charge in [0.25, 0.3) is 0 Å². The van der Waals surface area contributed by atoms with Crippen molar-refractivity contribution < 1.29 is 28.6 Å². The molecule has 0 aliphatic heterocycles. The topological polar surface area (TPSA) is 78.9 Å². The number of hydrogen-bond acceptors (Lipinski definition) is 6. The molecule has 6 nitrogen and oxygen atoms in total. The lowest BCUT2D eigenvalue weighted by molar-refractivity contribution is -0.167. The molecule has 0 N–H and O–H groups in total. The van der Waals surface area contributed by atoms with Crippen LogP contribution in [0.15, 0.2) is 48.6 Å². The molecule has 0 aromatic carbocycles. The summed E-state index contributed by atoms with van der Waals surface area (Å²) >= 11 is 0. The summed E-state index contributed by atoms with van der Waals surface area (Å²) < 4.78 is 17.0. The van der Waals surface area contributed by atoms with Gasteiger partial charge in [-0.25, -0.2) is 0 Å². The highest BCUT2D eigenvalue weighted by Gasteiger charge is 2.19. The maximum absolute atomic E-state index is 13.0. The van der Waals surface area contributed by atoms with E-state index in [-0.39, 0.29) is 31.1 Å². The van der Waals surface area contributed by atoms with Crippen LogP contribution in [0.2, 0.25) is 0 Å². The number of hydrogen-bond donors (Lipinski definition) is 0. The number of carbonyl (C=O) groups excluding carboxylic acids is 3. The molecule has 0 saturated carbocycles. The van der Waals surface area contributed by atoms with Crippen molar-refractivity contribution in [3.63, 3.8) is 0 Å². The molecule has 0 aromatic rings. The molecule has 0 radical (unpaired) electrons. The number of carbonyl (C=O) groups is 3. The zero-order chi connectivity index (χ0) is 58.5. The first-order valence-electron chi connectivity index (χ1n) is 36.1. The van der Waals surface area contributed by atoms with Crippen molar-refractivity contribution in [3.8, 4) is 0 Å². The molecule has 0 fully saturated rings. The van der Waals surface area contributed by atoms with Crippen molar-refractivity contribution in [1.82, 2.24) is 0 Å². The van der Waals surface area contributed by atoms with Gasteiger partial charge < -0.3 is 14.2 Å². The third kappa shape index (κ3) is 68.0. The molecule has 0 heterocycles. The molecule has 6 heteroatoms.